The summed E-state index contributed by atoms with van der Waals surface area (Å²) in [6.07, 6.45) is 5.64. The Balaban J connectivity index is 1.22. The molecular formula is C26H35N5O. The van der Waals surface area contributed by atoms with Gasteiger partial charge in [-0.05, 0) is 61.2 Å². The highest BCUT2D eigenvalue weighted by Gasteiger charge is 2.21. The zero-order valence-corrected chi connectivity index (χ0v) is 19.1. The van der Waals surface area contributed by atoms with Gasteiger partial charge in [0.1, 0.15) is 0 Å². The minimum absolute atomic E-state index is 0.222. The highest BCUT2D eigenvalue weighted by atomic mass is 16.2. The van der Waals surface area contributed by atoms with E-state index in [1.165, 1.54) is 43.5 Å². The number of carbonyl (C=O) groups excluding carboxylic acids is 1. The van der Waals surface area contributed by atoms with Crippen molar-refractivity contribution in [3.63, 3.8) is 0 Å². The number of carbonyl (C=O) groups is 1. The predicted molar refractivity (Wildman–Crippen MR) is 131 cm³/mol. The maximum Gasteiger partial charge on any atom is 0.227 e. The Morgan fingerprint density at radius 1 is 0.812 bits per heavy atom. The van der Waals surface area contributed by atoms with Crippen molar-refractivity contribution in [3.05, 3.63) is 65.2 Å². The lowest BCUT2D eigenvalue weighted by molar-refractivity contribution is -0.117. The van der Waals surface area contributed by atoms with E-state index in [4.69, 9.17) is 0 Å². The van der Waals surface area contributed by atoms with Crippen LogP contribution in [0.4, 0.5) is 5.69 Å². The van der Waals surface area contributed by atoms with E-state index in [1.807, 2.05) is 17.0 Å². The van der Waals surface area contributed by atoms with Crippen LogP contribution in [0.25, 0.3) is 0 Å². The number of hydrogen-bond donors (Lipinski definition) is 2. The van der Waals surface area contributed by atoms with E-state index in [2.05, 4.69) is 56.9 Å². The Bertz CT molecular complexity index is 901. The van der Waals surface area contributed by atoms with E-state index in [0.29, 0.717) is 13.0 Å². The number of amides is 1. The molecule has 2 aromatic carbocycles. The quantitative estimate of drug-likeness (QED) is 0.517. The van der Waals surface area contributed by atoms with Crippen LogP contribution in [-0.4, -0.2) is 43.4 Å². The number of aliphatic imine (C=N–C) groups is 1. The SMILES string of the molecule is CN=C(NCc1ccc(CN2CCCCC2)cc1)NCc1ccc(N2CCCC2=O)cc1. The van der Waals surface area contributed by atoms with Gasteiger partial charge < -0.3 is 15.5 Å². The second kappa shape index (κ2) is 11.1. The molecule has 0 spiro atoms. The summed E-state index contributed by atoms with van der Waals surface area (Å²) < 4.78 is 0. The number of piperidine rings is 1. The first-order valence-corrected chi connectivity index (χ1v) is 11.9. The first-order valence-electron chi connectivity index (χ1n) is 11.9. The van der Waals surface area contributed by atoms with Crippen LogP contribution in [0.2, 0.25) is 0 Å². The zero-order chi connectivity index (χ0) is 22.2. The van der Waals surface area contributed by atoms with Gasteiger partial charge in [0.25, 0.3) is 0 Å². The molecule has 2 N–H and O–H groups in total. The molecule has 6 heteroatoms. The Morgan fingerprint density at radius 3 is 1.97 bits per heavy atom. The highest BCUT2D eigenvalue weighted by Crippen LogP contribution is 2.21. The van der Waals surface area contributed by atoms with Crippen molar-refractivity contribution in [2.24, 2.45) is 4.99 Å². The number of likely N-dealkylation sites (tertiary alicyclic amines) is 1. The fourth-order valence-electron chi connectivity index (χ4n) is 4.45. The first-order chi connectivity index (χ1) is 15.7. The second-order valence-corrected chi connectivity index (χ2v) is 8.75. The molecule has 2 saturated heterocycles. The van der Waals surface area contributed by atoms with Gasteiger partial charge in [-0.25, -0.2) is 0 Å². The lowest BCUT2D eigenvalue weighted by atomic mass is 10.1. The fraction of sp³-hybridized carbons (Fsp3) is 0.462. The highest BCUT2D eigenvalue weighted by molar-refractivity contribution is 5.95. The topological polar surface area (TPSA) is 60.0 Å². The lowest BCUT2D eigenvalue weighted by Crippen LogP contribution is -2.36. The third-order valence-corrected chi connectivity index (χ3v) is 6.34. The Kier molecular flexibility index (Phi) is 7.77. The minimum atomic E-state index is 0.222. The largest absolute Gasteiger partial charge is 0.352 e. The number of nitrogens with zero attached hydrogens (tertiary/aromatic N) is 3. The van der Waals surface area contributed by atoms with Gasteiger partial charge in [0.2, 0.25) is 5.91 Å². The van der Waals surface area contributed by atoms with Crippen LogP contribution in [0.5, 0.6) is 0 Å². The summed E-state index contributed by atoms with van der Waals surface area (Å²) in [6.45, 7) is 5.75. The normalized spacial score (nSPS) is 17.6. The molecule has 2 fully saturated rings. The second-order valence-electron chi connectivity index (χ2n) is 8.75. The molecule has 0 bridgehead atoms. The Labute approximate surface area is 191 Å². The molecule has 0 unspecified atom stereocenters. The summed E-state index contributed by atoms with van der Waals surface area (Å²) in [5.74, 6) is 1.00. The van der Waals surface area contributed by atoms with E-state index in [0.717, 1.165) is 43.3 Å². The molecule has 170 valence electrons. The van der Waals surface area contributed by atoms with Crippen molar-refractivity contribution < 1.29 is 4.79 Å². The number of hydrogen-bond acceptors (Lipinski definition) is 3. The van der Waals surface area contributed by atoms with Crippen molar-refractivity contribution in [1.29, 1.82) is 0 Å². The van der Waals surface area contributed by atoms with Gasteiger partial charge >= 0.3 is 0 Å². The Hall–Kier alpha value is -2.86. The van der Waals surface area contributed by atoms with Gasteiger partial charge in [0.15, 0.2) is 5.96 Å². The standard InChI is InChI=1S/C26H35N5O/c1-27-26(29-19-22-11-13-24(14-12-22)31-17-5-6-25(31)32)28-18-21-7-9-23(10-8-21)20-30-15-3-2-4-16-30/h7-14H,2-6,15-20H2,1H3,(H2,27,28,29). The van der Waals surface area contributed by atoms with Gasteiger partial charge in [-0.3, -0.25) is 14.7 Å². The fourth-order valence-corrected chi connectivity index (χ4v) is 4.45. The van der Waals surface area contributed by atoms with Crippen LogP contribution in [0.3, 0.4) is 0 Å². The number of anilines is 1. The van der Waals surface area contributed by atoms with E-state index in [1.54, 1.807) is 7.05 Å². The van der Waals surface area contributed by atoms with E-state index in [9.17, 15) is 4.79 Å². The molecule has 32 heavy (non-hydrogen) atoms. The van der Waals surface area contributed by atoms with Crippen molar-refractivity contribution in [2.75, 3.05) is 31.6 Å². The average molecular weight is 434 g/mol. The lowest BCUT2D eigenvalue weighted by Gasteiger charge is -2.26. The van der Waals surface area contributed by atoms with Crippen molar-refractivity contribution in [3.8, 4) is 0 Å². The number of nitrogens with one attached hydrogen (secondary N) is 2. The van der Waals surface area contributed by atoms with Crippen LogP contribution in [0.1, 0.15) is 48.8 Å². The number of benzene rings is 2. The monoisotopic (exact) mass is 433 g/mol. The van der Waals surface area contributed by atoms with E-state index in [-0.39, 0.29) is 5.91 Å². The zero-order valence-electron chi connectivity index (χ0n) is 19.1. The van der Waals surface area contributed by atoms with Gasteiger partial charge in [0.05, 0.1) is 0 Å². The van der Waals surface area contributed by atoms with Crippen LogP contribution in [0, 0.1) is 0 Å². The minimum Gasteiger partial charge on any atom is -0.352 e. The maximum atomic E-state index is 11.9. The van der Waals surface area contributed by atoms with Gasteiger partial charge in [-0.15, -0.1) is 0 Å². The summed E-state index contributed by atoms with van der Waals surface area (Å²) in [5.41, 5.74) is 4.78. The molecule has 0 saturated carbocycles. The summed E-state index contributed by atoms with van der Waals surface area (Å²) in [5, 5.41) is 6.77. The van der Waals surface area contributed by atoms with Gasteiger partial charge in [-0.2, -0.15) is 0 Å². The van der Waals surface area contributed by atoms with Gasteiger partial charge in [0, 0.05) is 45.3 Å². The summed E-state index contributed by atoms with van der Waals surface area (Å²) in [7, 11) is 1.79. The van der Waals surface area contributed by atoms with Crippen molar-refractivity contribution >= 4 is 17.6 Å². The third-order valence-electron chi connectivity index (χ3n) is 6.34. The molecule has 6 nitrogen and oxygen atoms in total. The summed E-state index contributed by atoms with van der Waals surface area (Å²) >= 11 is 0. The van der Waals surface area contributed by atoms with Crippen molar-refractivity contribution in [1.82, 2.24) is 15.5 Å². The molecule has 2 heterocycles. The summed E-state index contributed by atoms with van der Waals surface area (Å²) in [6, 6.07) is 17.1. The van der Waals surface area contributed by atoms with E-state index >= 15 is 0 Å². The molecule has 4 rings (SSSR count). The van der Waals surface area contributed by atoms with Crippen LogP contribution in [-0.2, 0) is 24.4 Å². The van der Waals surface area contributed by atoms with Crippen LogP contribution in [0.15, 0.2) is 53.5 Å². The third kappa shape index (κ3) is 6.10. The molecule has 0 radical (unpaired) electrons. The molecule has 0 aliphatic carbocycles. The molecule has 1 amide bonds. The molecule has 0 atom stereocenters. The van der Waals surface area contributed by atoms with Gasteiger partial charge in [-0.1, -0.05) is 42.8 Å². The number of guanidine groups is 1. The predicted octanol–water partition coefficient (Wildman–Crippen LogP) is 3.66. The van der Waals surface area contributed by atoms with E-state index < -0.39 is 0 Å². The van der Waals surface area contributed by atoms with Crippen LogP contribution < -0.4 is 15.5 Å². The van der Waals surface area contributed by atoms with Crippen LogP contribution >= 0.6 is 0 Å². The van der Waals surface area contributed by atoms with Crippen molar-refractivity contribution in [2.45, 2.75) is 51.7 Å². The smallest absolute Gasteiger partial charge is 0.227 e. The molecule has 2 aromatic rings. The summed E-state index contributed by atoms with van der Waals surface area (Å²) in [4.78, 5) is 20.7. The average Bonchev–Trinajstić information content (AvgIpc) is 3.27. The molecule has 2 aliphatic heterocycles. The molecule has 2 aliphatic rings. The maximum absolute atomic E-state index is 11.9. The first kappa shape index (κ1) is 22.3. The Morgan fingerprint density at radius 2 is 1.41 bits per heavy atom. The number of rotatable bonds is 7. The molecule has 0 aromatic heterocycles. The molecular weight excluding hydrogens is 398 g/mol.